The monoisotopic (exact) mass is 368 g/mol. The van der Waals surface area contributed by atoms with Gasteiger partial charge in [-0.2, -0.15) is 0 Å². The average Bonchev–Trinajstić information content (AvgIpc) is 2.88. The molecule has 1 aromatic carbocycles. The Balaban J connectivity index is 1.22. The molecule has 3 fully saturated rings. The lowest BCUT2D eigenvalue weighted by Crippen LogP contribution is -2.68. The maximum Gasteiger partial charge on any atom is 0.255 e. The third-order valence-corrected chi connectivity index (χ3v) is 6.56. The first-order valence-electron chi connectivity index (χ1n) is 9.78. The van der Waals surface area contributed by atoms with Gasteiger partial charge >= 0.3 is 0 Å². The zero-order valence-electron chi connectivity index (χ0n) is 15.2. The number of hydrogen-bond donors (Lipinski definition) is 3. The molecule has 3 N–H and O–H groups in total. The lowest BCUT2D eigenvalue weighted by molar-refractivity contribution is -0.136. The fourth-order valence-electron chi connectivity index (χ4n) is 4.85. The summed E-state index contributed by atoms with van der Waals surface area (Å²) in [5.74, 6) is -0.738. The van der Waals surface area contributed by atoms with E-state index in [1.54, 1.807) is 4.90 Å². The molecule has 142 valence electrons. The van der Waals surface area contributed by atoms with Crippen LogP contribution in [0.5, 0.6) is 0 Å². The van der Waals surface area contributed by atoms with E-state index in [9.17, 15) is 14.4 Å². The summed E-state index contributed by atoms with van der Waals surface area (Å²) in [6, 6.07) is 5.95. The lowest BCUT2D eigenvalue weighted by Gasteiger charge is -2.55. The van der Waals surface area contributed by atoms with Gasteiger partial charge in [-0.05, 0) is 49.4 Å². The van der Waals surface area contributed by atoms with Crippen LogP contribution in [0.15, 0.2) is 18.2 Å². The Morgan fingerprint density at radius 1 is 1.22 bits per heavy atom. The van der Waals surface area contributed by atoms with Crippen molar-refractivity contribution in [1.29, 1.82) is 0 Å². The second-order valence-corrected chi connectivity index (χ2v) is 8.33. The van der Waals surface area contributed by atoms with E-state index in [1.807, 2.05) is 12.1 Å². The Morgan fingerprint density at radius 2 is 2.04 bits per heavy atom. The minimum absolute atomic E-state index is 0.115. The van der Waals surface area contributed by atoms with Crippen LogP contribution in [0.3, 0.4) is 0 Å². The summed E-state index contributed by atoms with van der Waals surface area (Å²) >= 11 is 0. The smallest absolute Gasteiger partial charge is 0.255 e. The first-order chi connectivity index (χ1) is 13.0. The molecule has 5 rings (SSSR count). The maximum atomic E-state index is 12.7. The molecule has 0 bridgehead atoms. The molecular formula is C20H24N4O3. The summed E-state index contributed by atoms with van der Waals surface area (Å²) in [4.78, 5) is 37.8. The van der Waals surface area contributed by atoms with Crippen molar-refractivity contribution in [3.63, 3.8) is 0 Å². The van der Waals surface area contributed by atoms with Crippen molar-refractivity contribution < 1.29 is 14.4 Å². The summed E-state index contributed by atoms with van der Waals surface area (Å²) in [7, 11) is 0. The van der Waals surface area contributed by atoms with Crippen LogP contribution in [0.1, 0.15) is 53.6 Å². The van der Waals surface area contributed by atoms with Gasteiger partial charge in [0.1, 0.15) is 6.04 Å². The van der Waals surface area contributed by atoms with E-state index in [1.165, 1.54) is 19.3 Å². The zero-order valence-corrected chi connectivity index (χ0v) is 15.2. The largest absolute Gasteiger partial charge is 0.322 e. The molecule has 1 saturated carbocycles. The van der Waals surface area contributed by atoms with Crippen LogP contribution in [-0.2, 0) is 22.7 Å². The SMILES string of the molecule is O=C1CCC(N2Cc3cc(CNC4CC5(CCN5)C4)ccc3C2=O)C(=O)N1. The predicted molar refractivity (Wildman–Crippen MR) is 97.7 cm³/mol. The average molecular weight is 368 g/mol. The first kappa shape index (κ1) is 16.9. The van der Waals surface area contributed by atoms with E-state index in [0.717, 1.165) is 24.2 Å². The number of nitrogens with one attached hydrogen (secondary N) is 3. The molecule has 1 unspecified atom stereocenters. The normalized spacial score (nSPS) is 32.1. The molecule has 2 saturated heterocycles. The Kier molecular flexibility index (Phi) is 3.84. The summed E-state index contributed by atoms with van der Waals surface area (Å²) in [6.45, 7) is 2.38. The topological polar surface area (TPSA) is 90.5 Å². The van der Waals surface area contributed by atoms with E-state index in [-0.39, 0.29) is 24.1 Å². The van der Waals surface area contributed by atoms with Crippen LogP contribution in [-0.4, -0.2) is 46.8 Å². The molecule has 1 aromatic rings. The number of imide groups is 1. The molecule has 0 aromatic heterocycles. The Labute approximate surface area is 157 Å². The fraction of sp³-hybridized carbons (Fsp3) is 0.550. The van der Waals surface area contributed by atoms with Gasteiger partial charge in [0.05, 0.1) is 0 Å². The molecular weight excluding hydrogens is 344 g/mol. The second-order valence-electron chi connectivity index (χ2n) is 8.33. The van der Waals surface area contributed by atoms with Crippen molar-refractivity contribution in [2.45, 2.75) is 62.8 Å². The quantitative estimate of drug-likeness (QED) is 0.671. The van der Waals surface area contributed by atoms with Crippen molar-refractivity contribution in [3.8, 4) is 0 Å². The highest BCUT2D eigenvalue weighted by atomic mass is 16.2. The van der Waals surface area contributed by atoms with Crippen molar-refractivity contribution in [1.82, 2.24) is 20.9 Å². The van der Waals surface area contributed by atoms with Gasteiger partial charge in [-0.15, -0.1) is 0 Å². The standard InChI is InChI=1S/C20H24N4O3/c25-17-4-3-16(18(26)23-17)24-11-13-7-12(1-2-15(13)19(24)27)10-21-14-8-20(9-14)5-6-22-20/h1-2,7,14,16,21-22H,3-6,8-11H2,(H,23,25,26). The zero-order chi connectivity index (χ0) is 18.6. The number of amides is 3. The number of piperidine rings is 1. The molecule has 3 aliphatic heterocycles. The number of rotatable bonds is 4. The number of carbonyl (C=O) groups excluding carboxylic acids is 3. The molecule has 7 nitrogen and oxygen atoms in total. The number of benzene rings is 1. The van der Waals surface area contributed by atoms with Gasteiger partial charge in [0.25, 0.3) is 5.91 Å². The minimum atomic E-state index is -0.551. The van der Waals surface area contributed by atoms with Gasteiger partial charge in [0.2, 0.25) is 11.8 Å². The third kappa shape index (κ3) is 2.85. The summed E-state index contributed by atoms with van der Waals surface area (Å²) in [6.07, 6.45) is 4.36. The van der Waals surface area contributed by atoms with Crippen LogP contribution in [0.25, 0.3) is 0 Å². The Hall–Kier alpha value is -2.25. The molecule has 0 radical (unpaired) electrons. The molecule has 1 spiro atoms. The molecule has 1 atom stereocenters. The highest BCUT2D eigenvalue weighted by Crippen LogP contribution is 2.39. The van der Waals surface area contributed by atoms with Crippen LogP contribution in [0, 0.1) is 0 Å². The summed E-state index contributed by atoms with van der Waals surface area (Å²) in [5, 5.41) is 9.48. The molecule has 3 amide bonds. The van der Waals surface area contributed by atoms with Crippen molar-refractivity contribution >= 4 is 17.7 Å². The van der Waals surface area contributed by atoms with Gasteiger partial charge in [-0.1, -0.05) is 12.1 Å². The van der Waals surface area contributed by atoms with Crippen molar-refractivity contribution in [3.05, 3.63) is 34.9 Å². The molecule has 7 heteroatoms. The van der Waals surface area contributed by atoms with Gasteiger partial charge in [-0.25, -0.2) is 0 Å². The highest BCUT2D eigenvalue weighted by Gasteiger charge is 2.47. The summed E-state index contributed by atoms with van der Waals surface area (Å²) < 4.78 is 0. The Bertz CT molecular complexity index is 825. The minimum Gasteiger partial charge on any atom is -0.322 e. The highest BCUT2D eigenvalue weighted by molar-refractivity contribution is 6.05. The predicted octanol–water partition coefficient (Wildman–Crippen LogP) is 0.432. The van der Waals surface area contributed by atoms with E-state index < -0.39 is 6.04 Å². The van der Waals surface area contributed by atoms with Crippen LogP contribution >= 0.6 is 0 Å². The van der Waals surface area contributed by atoms with Crippen LogP contribution < -0.4 is 16.0 Å². The molecule has 27 heavy (non-hydrogen) atoms. The number of fused-ring (bicyclic) bond motifs is 1. The third-order valence-electron chi connectivity index (χ3n) is 6.56. The van der Waals surface area contributed by atoms with Gasteiger partial charge < -0.3 is 15.5 Å². The molecule has 1 aliphatic carbocycles. The Morgan fingerprint density at radius 3 is 2.74 bits per heavy atom. The van der Waals surface area contributed by atoms with E-state index in [2.05, 4.69) is 22.0 Å². The van der Waals surface area contributed by atoms with E-state index >= 15 is 0 Å². The van der Waals surface area contributed by atoms with E-state index in [0.29, 0.717) is 30.1 Å². The summed E-state index contributed by atoms with van der Waals surface area (Å²) in [5.41, 5.74) is 3.22. The molecule has 4 aliphatic rings. The van der Waals surface area contributed by atoms with Crippen LogP contribution in [0.2, 0.25) is 0 Å². The van der Waals surface area contributed by atoms with E-state index in [4.69, 9.17) is 0 Å². The maximum absolute atomic E-state index is 12.7. The molecule has 3 heterocycles. The number of carbonyl (C=O) groups is 3. The fourth-order valence-corrected chi connectivity index (χ4v) is 4.85. The van der Waals surface area contributed by atoms with Crippen LogP contribution in [0.4, 0.5) is 0 Å². The number of hydrogen-bond acceptors (Lipinski definition) is 5. The van der Waals surface area contributed by atoms with Gasteiger partial charge in [-0.3, -0.25) is 19.7 Å². The lowest BCUT2D eigenvalue weighted by atomic mass is 9.66. The first-order valence-corrected chi connectivity index (χ1v) is 9.78. The van der Waals surface area contributed by atoms with Gasteiger partial charge in [0, 0.05) is 36.7 Å². The second kappa shape index (κ2) is 6.14. The van der Waals surface area contributed by atoms with Crippen molar-refractivity contribution in [2.24, 2.45) is 0 Å². The van der Waals surface area contributed by atoms with Gasteiger partial charge in [0.15, 0.2) is 0 Å². The van der Waals surface area contributed by atoms with Crippen molar-refractivity contribution in [2.75, 3.05) is 6.54 Å². The number of nitrogens with zero attached hydrogens (tertiary/aromatic N) is 1.